The first kappa shape index (κ1) is 21.6. The third kappa shape index (κ3) is 5.06. The van der Waals surface area contributed by atoms with Crippen molar-refractivity contribution >= 4 is 17.2 Å². The van der Waals surface area contributed by atoms with Gasteiger partial charge in [-0.2, -0.15) is 0 Å². The van der Waals surface area contributed by atoms with E-state index in [9.17, 15) is 9.59 Å². The average Bonchev–Trinajstić information content (AvgIpc) is 3.68. The van der Waals surface area contributed by atoms with Crippen molar-refractivity contribution in [3.8, 4) is 0 Å². The molecule has 8 nitrogen and oxygen atoms in total. The number of hydrogen-bond acceptors (Lipinski definition) is 6. The van der Waals surface area contributed by atoms with Gasteiger partial charge < -0.3 is 15.5 Å². The van der Waals surface area contributed by atoms with Gasteiger partial charge in [-0.25, -0.2) is 4.98 Å². The van der Waals surface area contributed by atoms with Gasteiger partial charge in [0.25, 0.3) is 11.5 Å². The summed E-state index contributed by atoms with van der Waals surface area (Å²) in [5.41, 5.74) is 2.14. The van der Waals surface area contributed by atoms with Crippen molar-refractivity contribution in [3.63, 3.8) is 0 Å². The molecule has 172 valence electrons. The molecule has 1 unspecified atom stereocenters. The first-order valence-electron chi connectivity index (χ1n) is 11.8. The van der Waals surface area contributed by atoms with Crippen LogP contribution in [0, 0.1) is 5.92 Å². The number of anilines is 1. The maximum Gasteiger partial charge on any atom is 0.270 e. The van der Waals surface area contributed by atoms with Crippen molar-refractivity contribution in [2.24, 2.45) is 5.92 Å². The lowest BCUT2D eigenvalue weighted by atomic mass is 10.0. The number of fused-ring (bicyclic) bond motifs is 1. The van der Waals surface area contributed by atoms with Gasteiger partial charge in [0.05, 0.1) is 23.6 Å². The molecule has 2 atom stereocenters. The number of carbonyl (C=O) groups is 1. The molecule has 3 aromatic heterocycles. The Balaban J connectivity index is 1.22. The minimum Gasteiger partial charge on any atom is -0.369 e. The van der Waals surface area contributed by atoms with E-state index in [0.29, 0.717) is 11.7 Å². The summed E-state index contributed by atoms with van der Waals surface area (Å²) in [5.74, 6) is 0.499. The van der Waals surface area contributed by atoms with Gasteiger partial charge in [0.2, 0.25) is 0 Å². The minimum atomic E-state index is -0.391. The molecule has 8 heteroatoms. The molecule has 0 radical (unpaired) electrons. The Bertz CT molecular complexity index is 1190. The number of amides is 1. The van der Waals surface area contributed by atoms with E-state index in [0.717, 1.165) is 36.9 Å². The van der Waals surface area contributed by atoms with Crippen LogP contribution in [0.25, 0.3) is 5.65 Å². The van der Waals surface area contributed by atoms with Crippen molar-refractivity contribution in [1.29, 1.82) is 0 Å². The molecule has 2 N–H and O–H groups in total. The minimum absolute atomic E-state index is 0.104. The number of nitrogens with one attached hydrogen (secondary N) is 2. The molecule has 0 bridgehead atoms. The second-order valence-electron chi connectivity index (χ2n) is 9.18. The van der Waals surface area contributed by atoms with Crippen LogP contribution in [-0.4, -0.2) is 46.0 Å². The SMILES string of the molecule is CC(NC(=O)c1cc(=O)n2ccccc2n1)c1ccc(N2CCC[C@@H](NCC3CC3)C2)cn1. The van der Waals surface area contributed by atoms with Gasteiger partial charge in [0, 0.05) is 31.4 Å². The van der Waals surface area contributed by atoms with Crippen molar-refractivity contribution in [1.82, 2.24) is 25.0 Å². The highest BCUT2D eigenvalue weighted by molar-refractivity contribution is 5.92. The molecule has 1 saturated heterocycles. The summed E-state index contributed by atoms with van der Waals surface area (Å²) in [5, 5.41) is 6.63. The predicted octanol–water partition coefficient (Wildman–Crippen LogP) is 2.55. The molecule has 1 amide bonds. The van der Waals surface area contributed by atoms with Crippen molar-refractivity contribution in [2.75, 3.05) is 24.5 Å². The van der Waals surface area contributed by atoms with Gasteiger partial charge in [0.1, 0.15) is 11.3 Å². The van der Waals surface area contributed by atoms with Crippen molar-refractivity contribution in [3.05, 3.63) is 70.5 Å². The topological polar surface area (TPSA) is 91.6 Å². The van der Waals surface area contributed by atoms with E-state index in [1.165, 1.54) is 36.2 Å². The summed E-state index contributed by atoms with van der Waals surface area (Å²) in [6.07, 6.45) is 8.67. The molecule has 5 rings (SSSR count). The Morgan fingerprint density at radius 3 is 2.88 bits per heavy atom. The Hall–Kier alpha value is -3.26. The largest absolute Gasteiger partial charge is 0.369 e. The number of piperidine rings is 1. The number of nitrogens with zero attached hydrogens (tertiary/aromatic N) is 4. The Morgan fingerprint density at radius 2 is 2.09 bits per heavy atom. The van der Waals surface area contributed by atoms with E-state index in [1.54, 1.807) is 24.4 Å². The summed E-state index contributed by atoms with van der Waals surface area (Å²) < 4.78 is 1.41. The summed E-state index contributed by atoms with van der Waals surface area (Å²) >= 11 is 0. The van der Waals surface area contributed by atoms with Crippen LogP contribution in [0.4, 0.5) is 5.69 Å². The molecular formula is C25H30N6O2. The third-order valence-corrected chi connectivity index (χ3v) is 6.54. The average molecular weight is 447 g/mol. The number of carbonyl (C=O) groups excluding carboxylic acids is 1. The molecule has 2 aliphatic rings. The van der Waals surface area contributed by atoms with E-state index in [-0.39, 0.29) is 17.3 Å². The van der Waals surface area contributed by atoms with E-state index >= 15 is 0 Å². The van der Waals surface area contributed by atoms with E-state index < -0.39 is 5.91 Å². The Morgan fingerprint density at radius 1 is 1.21 bits per heavy atom. The molecule has 1 saturated carbocycles. The fraction of sp³-hybridized carbons (Fsp3) is 0.440. The van der Waals surface area contributed by atoms with Gasteiger partial charge in [-0.05, 0) is 69.3 Å². The molecular weight excluding hydrogens is 416 g/mol. The molecule has 0 aromatic carbocycles. The zero-order valence-corrected chi connectivity index (χ0v) is 18.9. The van der Waals surface area contributed by atoms with Crippen LogP contribution in [-0.2, 0) is 0 Å². The lowest BCUT2D eigenvalue weighted by Crippen LogP contribution is -2.46. The number of rotatable bonds is 7. The monoisotopic (exact) mass is 446 g/mol. The van der Waals surface area contributed by atoms with Crippen LogP contribution >= 0.6 is 0 Å². The van der Waals surface area contributed by atoms with Gasteiger partial charge in [0.15, 0.2) is 0 Å². The van der Waals surface area contributed by atoms with Crippen LogP contribution in [0.15, 0.2) is 53.6 Å². The molecule has 3 aromatic rings. The van der Waals surface area contributed by atoms with Crippen molar-refractivity contribution in [2.45, 2.75) is 44.7 Å². The summed E-state index contributed by atoms with van der Waals surface area (Å²) in [6, 6.07) is 10.8. The number of aromatic nitrogens is 3. The molecule has 33 heavy (non-hydrogen) atoms. The zero-order chi connectivity index (χ0) is 22.8. The van der Waals surface area contributed by atoms with Gasteiger partial charge in [-0.15, -0.1) is 0 Å². The second kappa shape index (κ2) is 9.31. The number of pyridine rings is 2. The summed E-state index contributed by atoms with van der Waals surface area (Å²) in [4.78, 5) is 36.3. The summed E-state index contributed by atoms with van der Waals surface area (Å²) in [7, 11) is 0. The summed E-state index contributed by atoms with van der Waals surface area (Å²) in [6.45, 7) is 5.07. The highest BCUT2D eigenvalue weighted by Crippen LogP contribution is 2.28. The van der Waals surface area contributed by atoms with Crippen LogP contribution in [0.2, 0.25) is 0 Å². The normalized spacial score (nSPS) is 19.4. The zero-order valence-electron chi connectivity index (χ0n) is 18.9. The van der Waals surface area contributed by atoms with E-state index in [1.807, 2.05) is 19.2 Å². The first-order chi connectivity index (χ1) is 16.1. The third-order valence-electron chi connectivity index (χ3n) is 6.54. The van der Waals surface area contributed by atoms with Gasteiger partial charge in [-0.1, -0.05) is 6.07 Å². The van der Waals surface area contributed by atoms with Gasteiger partial charge >= 0.3 is 0 Å². The van der Waals surface area contributed by atoms with Crippen LogP contribution in [0.5, 0.6) is 0 Å². The first-order valence-corrected chi connectivity index (χ1v) is 11.8. The van der Waals surface area contributed by atoms with E-state index in [2.05, 4.69) is 31.6 Å². The highest BCUT2D eigenvalue weighted by Gasteiger charge is 2.25. The fourth-order valence-electron chi connectivity index (χ4n) is 4.39. The van der Waals surface area contributed by atoms with E-state index in [4.69, 9.17) is 0 Å². The second-order valence-corrected chi connectivity index (χ2v) is 9.18. The maximum atomic E-state index is 12.7. The Labute approximate surface area is 193 Å². The highest BCUT2D eigenvalue weighted by atomic mass is 16.2. The molecule has 4 heterocycles. The molecule has 0 spiro atoms. The smallest absolute Gasteiger partial charge is 0.270 e. The number of hydrogen-bond donors (Lipinski definition) is 2. The van der Waals surface area contributed by atoms with Crippen LogP contribution in [0.1, 0.15) is 54.8 Å². The Kier molecular flexibility index (Phi) is 6.09. The predicted molar refractivity (Wildman–Crippen MR) is 128 cm³/mol. The van der Waals surface area contributed by atoms with Crippen molar-refractivity contribution < 1.29 is 4.79 Å². The quantitative estimate of drug-likeness (QED) is 0.580. The standard InChI is InChI=1S/C25H30N6O2/c1-17(28-25(33)22-13-24(32)31-12-3-2-6-23(31)29-22)21-10-9-20(15-27-21)30-11-4-5-19(16-30)26-14-18-7-8-18/h2-3,6,9-10,12-13,15,17-19,26H,4-5,7-8,11,14,16H2,1H3,(H,28,33)/t17?,19-/m1/s1. The molecule has 1 aliphatic heterocycles. The molecule has 2 fully saturated rings. The maximum absolute atomic E-state index is 12.7. The van der Waals surface area contributed by atoms with Gasteiger partial charge in [-0.3, -0.25) is 19.0 Å². The lowest BCUT2D eigenvalue weighted by Gasteiger charge is -2.35. The van der Waals surface area contributed by atoms with Crippen LogP contribution < -0.4 is 21.1 Å². The van der Waals surface area contributed by atoms with Crippen LogP contribution in [0.3, 0.4) is 0 Å². The molecule has 1 aliphatic carbocycles. The lowest BCUT2D eigenvalue weighted by molar-refractivity contribution is 0.0934. The fourth-order valence-corrected chi connectivity index (χ4v) is 4.39.